The van der Waals surface area contributed by atoms with Crippen molar-refractivity contribution < 1.29 is 4.79 Å². The molecule has 0 aliphatic heterocycles. The van der Waals surface area contributed by atoms with Crippen LogP contribution in [-0.2, 0) is 6.54 Å². The van der Waals surface area contributed by atoms with E-state index in [-0.39, 0.29) is 11.5 Å². The van der Waals surface area contributed by atoms with Gasteiger partial charge in [-0.05, 0) is 47.2 Å². The summed E-state index contributed by atoms with van der Waals surface area (Å²) in [5.74, 6) is 4.73. The molecule has 0 fully saturated rings. The number of halogens is 2. The van der Waals surface area contributed by atoms with E-state index in [0.717, 1.165) is 10.0 Å². The number of hydrogen-bond acceptors (Lipinski definition) is 4. The molecule has 0 aliphatic rings. The molecule has 0 saturated heterocycles. The summed E-state index contributed by atoms with van der Waals surface area (Å²) in [6.45, 7) is 2.16. The highest BCUT2D eigenvalue weighted by Gasteiger charge is 2.10. The first-order valence-electron chi connectivity index (χ1n) is 5.95. The van der Waals surface area contributed by atoms with Crippen LogP contribution in [0.1, 0.15) is 21.6 Å². The van der Waals surface area contributed by atoms with Crippen LogP contribution in [0.25, 0.3) is 0 Å². The lowest BCUT2D eigenvalue weighted by molar-refractivity contribution is 0.0953. The number of carbonyl (C=O) groups excluding carboxylic acids is 1. The largest absolute Gasteiger partial charge is 0.294 e. The van der Waals surface area contributed by atoms with Crippen molar-refractivity contribution in [1.29, 1.82) is 0 Å². The molecule has 2 aromatic rings. The van der Waals surface area contributed by atoms with Gasteiger partial charge in [0.15, 0.2) is 0 Å². The van der Waals surface area contributed by atoms with Gasteiger partial charge in [-0.3, -0.25) is 19.6 Å². The zero-order valence-corrected chi connectivity index (χ0v) is 14.8. The summed E-state index contributed by atoms with van der Waals surface area (Å²) in [5, 5.41) is 0. The van der Waals surface area contributed by atoms with E-state index in [1.165, 1.54) is 10.9 Å². The maximum atomic E-state index is 12.1. The molecule has 110 valence electrons. The van der Waals surface area contributed by atoms with E-state index in [9.17, 15) is 9.59 Å². The Labute approximate surface area is 143 Å². The Balaban J connectivity index is 2.35. The van der Waals surface area contributed by atoms with E-state index in [2.05, 4.69) is 26.3 Å². The molecular weight excluding hydrogens is 451 g/mol. The summed E-state index contributed by atoms with van der Waals surface area (Å²) in [6, 6.07) is 5.09. The van der Waals surface area contributed by atoms with E-state index in [0.29, 0.717) is 21.4 Å². The Morgan fingerprint density at radius 3 is 2.86 bits per heavy atom. The molecule has 1 amide bonds. The molecule has 0 bridgehead atoms. The average Bonchev–Trinajstić information content (AvgIpc) is 2.48. The lowest BCUT2D eigenvalue weighted by Gasteiger charge is -2.10. The average molecular weight is 463 g/mol. The standard InChI is InChI=1S/C13H12BrIN4O2/c1-7-11(15)13(21)19(6-17-7)5-9-3-2-8(4-10(9)14)12(20)18-16/h2-4,6H,5,16H2,1H3,(H,18,20). The highest BCUT2D eigenvalue weighted by Crippen LogP contribution is 2.19. The summed E-state index contributed by atoms with van der Waals surface area (Å²) in [7, 11) is 0. The van der Waals surface area contributed by atoms with E-state index in [1.807, 2.05) is 22.6 Å². The maximum Gasteiger partial charge on any atom is 0.267 e. The molecule has 1 aromatic heterocycles. The van der Waals surface area contributed by atoms with E-state index in [1.54, 1.807) is 25.1 Å². The summed E-state index contributed by atoms with van der Waals surface area (Å²) >= 11 is 5.39. The molecule has 1 aromatic carbocycles. The van der Waals surface area contributed by atoms with Crippen molar-refractivity contribution in [2.45, 2.75) is 13.5 Å². The first-order valence-corrected chi connectivity index (χ1v) is 7.82. The van der Waals surface area contributed by atoms with Crippen molar-refractivity contribution in [2.75, 3.05) is 0 Å². The molecule has 1 heterocycles. The third-order valence-corrected chi connectivity index (χ3v) is 4.92. The van der Waals surface area contributed by atoms with Gasteiger partial charge in [-0.1, -0.05) is 22.0 Å². The summed E-state index contributed by atoms with van der Waals surface area (Å²) in [5.41, 5.74) is 4.01. The normalized spacial score (nSPS) is 10.5. The molecule has 0 atom stereocenters. The van der Waals surface area contributed by atoms with E-state index >= 15 is 0 Å². The lowest BCUT2D eigenvalue weighted by atomic mass is 10.1. The van der Waals surface area contributed by atoms with Crippen LogP contribution in [0, 0.1) is 10.5 Å². The molecule has 6 nitrogen and oxygen atoms in total. The molecule has 8 heteroatoms. The number of carbonyl (C=O) groups is 1. The molecule has 0 unspecified atom stereocenters. The highest BCUT2D eigenvalue weighted by atomic mass is 127. The predicted molar refractivity (Wildman–Crippen MR) is 90.8 cm³/mol. The number of rotatable bonds is 3. The Morgan fingerprint density at radius 1 is 1.52 bits per heavy atom. The van der Waals surface area contributed by atoms with Gasteiger partial charge in [-0.25, -0.2) is 10.8 Å². The van der Waals surface area contributed by atoms with E-state index in [4.69, 9.17) is 5.84 Å². The molecule has 0 spiro atoms. The van der Waals surface area contributed by atoms with Gasteiger partial charge >= 0.3 is 0 Å². The third kappa shape index (κ3) is 3.50. The van der Waals surface area contributed by atoms with Gasteiger partial charge in [-0.15, -0.1) is 0 Å². The molecule has 2 rings (SSSR count). The van der Waals surface area contributed by atoms with Crippen molar-refractivity contribution in [3.8, 4) is 0 Å². The van der Waals surface area contributed by atoms with Crippen LogP contribution in [-0.4, -0.2) is 15.5 Å². The number of hydrogen-bond donors (Lipinski definition) is 2. The van der Waals surface area contributed by atoms with Crippen LogP contribution in [0.5, 0.6) is 0 Å². The Hall–Kier alpha value is -1.26. The van der Waals surface area contributed by atoms with Gasteiger partial charge in [0.25, 0.3) is 11.5 Å². The van der Waals surface area contributed by atoms with Crippen LogP contribution >= 0.6 is 38.5 Å². The molecule has 3 N–H and O–H groups in total. The molecule has 21 heavy (non-hydrogen) atoms. The smallest absolute Gasteiger partial charge is 0.267 e. The Bertz CT molecular complexity index is 760. The number of aromatic nitrogens is 2. The summed E-state index contributed by atoms with van der Waals surface area (Å²) < 4.78 is 2.86. The van der Waals surface area contributed by atoms with Crippen LogP contribution in [0.2, 0.25) is 0 Å². The maximum absolute atomic E-state index is 12.1. The number of benzene rings is 1. The lowest BCUT2D eigenvalue weighted by Crippen LogP contribution is -2.30. The molecule has 0 aliphatic carbocycles. The van der Waals surface area contributed by atoms with Crippen molar-refractivity contribution in [3.63, 3.8) is 0 Å². The van der Waals surface area contributed by atoms with Crippen molar-refractivity contribution >= 4 is 44.4 Å². The second-order valence-corrected chi connectivity index (χ2v) is 6.29. The Kier molecular flexibility index (Phi) is 5.12. The van der Waals surface area contributed by atoms with Gasteiger partial charge in [-0.2, -0.15) is 0 Å². The number of nitrogen functional groups attached to an aromatic ring is 1. The van der Waals surface area contributed by atoms with Gasteiger partial charge in [0.05, 0.1) is 22.1 Å². The number of nitrogens with two attached hydrogens (primary N) is 1. The van der Waals surface area contributed by atoms with Crippen LogP contribution in [0.4, 0.5) is 0 Å². The number of hydrazine groups is 1. The minimum atomic E-state index is -0.369. The molecule has 0 radical (unpaired) electrons. The topological polar surface area (TPSA) is 90.0 Å². The molecule has 0 saturated carbocycles. The second-order valence-electron chi connectivity index (χ2n) is 4.36. The number of aryl methyl sites for hydroxylation is 1. The minimum Gasteiger partial charge on any atom is -0.294 e. The van der Waals surface area contributed by atoms with Crippen molar-refractivity contribution in [1.82, 2.24) is 15.0 Å². The quantitative estimate of drug-likeness (QED) is 0.313. The molecular formula is C13H12BrIN4O2. The SMILES string of the molecule is Cc1ncn(Cc2ccc(C(=O)NN)cc2Br)c(=O)c1I. The second kappa shape index (κ2) is 6.67. The van der Waals surface area contributed by atoms with Gasteiger partial charge in [0, 0.05) is 10.0 Å². The van der Waals surface area contributed by atoms with Crippen LogP contribution < -0.4 is 16.8 Å². The van der Waals surface area contributed by atoms with Crippen molar-refractivity contribution in [3.05, 3.63) is 59.7 Å². The Morgan fingerprint density at radius 2 is 2.24 bits per heavy atom. The minimum absolute atomic E-state index is 0.0845. The zero-order valence-electron chi connectivity index (χ0n) is 11.1. The van der Waals surface area contributed by atoms with Gasteiger partial charge < -0.3 is 0 Å². The predicted octanol–water partition coefficient (Wildman–Crippen LogP) is 1.57. The number of nitrogens with one attached hydrogen (secondary N) is 1. The summed E-state index contributed by atoms with van der Waals surface area (Å²) in [4.78, 5) is 27.8. The zero-order chi connectivity index (χ0) is 15.6. The number of nitrogens with zero attached hydrogens (tertiary/aromatic N) is 2. The third-order valence-electron chi connectivity index (χ3n) is 2.94. The fraction of sp³-hybridized carbons (Fsp3) is 0.154. The van der Waals surface area contributed by atoms with Crippen LogP contribution in [0.15, 0.2) is 33.8 Å². The first-order chi connectivity index (χ1) is 9.93. The highest BCUT2D eigenvalue weighted by molar-refractivity contribution is 14.1. The fourth-order valence-electron chi connectivity index (χ4n) is 1.74. The summed E-state index contributed by atoms with van der Waals surface area (Å²) in [6.07, 6.45) is 1.52. The fourth-order valence-corrected chi connectivity index (χ4v) is 2.70. The van der Waals surface area contributed by atoms with Gasteiger partial charge in [0.1, 0.15) is 0 Å². The van der Waals surface area contributed by atoms with Crippen molar-refractivity contribution in [2.24, 2.45) is 5.84 Å². The number of amides is 1. The van der Waals surface area contributed by atoms with Crippen LogP contribution in [0.3, 0.4) is 0 Å². The monoisotopic (exact) mass is 462 g/mol. The van der Waals surface area contributed by atoms with Gasteiger partial charge in [0.2, 0.25) is 0 Å². The first kappa shape index (κ1) is 16.1. The van der Waals surface area contributed by atoms with E-state index < -0.39 is 0 Å².